The fourth-order valence-electron chi connectivity index (χ4n) is 2.91. The molecule has 0 unspecified atom stereocenters. The summed E-state index contributed by atoms with van der Waals surface area (Å²) < 4.78 is 3.27. The highest BCUT2D eigenvalue weighted by Crippen LogP contribution is 2.18. The molecule has 0 aliphatic carbocycles. The molecule has 5 nitrogen and oxygen atoms in total. The van der Waals surface area contributed by atoms with E-state index in [1.54, 1.807) is 27.6 Å². The van der Waals surface area contributed by atoms with Crippen molar-refractivity contribution in [3.63, 3.8) is 0 Å². The third kappa shape index (κ3) is 2.62. The Bertz CT molecular complexity index is 1140. The molecule has 0 N–H and O–H groups in total. The number of halogens is 1. The molecular weight excluding hydrogens is 336 g/mol. The van der Waals surface area contributed by atoms with E-state index in [1.807, 2.05) is 50.2 Å². The molecule has 0 saturated carbocycles. The Morgan fingerprint density at radius 3 is 2.48 bits per heavy atom. The number of hydrogen-bond acceptors (Lipinski definition) is 3. The zero-order chi connectivity index (χ0) is 17.6. The molecule has 4 aromatic rings. The van der Waals surface area contributed by atoms with Gasteiger partial charge in [-0.15, -0.1) is 0 Å². The van der Waals surface area contributed by atoms with Gasteiger partial charge >= 0.3 is 0 Å². The van der Waals surface area contributed by atoms with Crippen LogP contribution in [-0.2, 0) is 0 Å². The average Bonchev–Trinajstić information content (AvgIpc) is 3.00. The number of nitrogens with zero attached hydrogens (tertiary/aromatic N) is 4. The highest BCUT2D eigenvalue weighted by atomic mass is 35.5. The third-order valence-electron chi connectivity index (χ3n) is 4.10. The number of aromatic nitrogens is 4. The molecule has 6 heteroatoms. The predicted molar refractivity (Wildman–Crippen MR) is 98.9 cm³/mol. The highest BCUT2D eigenvalue weighted by molar-refractivity contribution is 6.30. The molecule has 0 aliphatic rings. The number of fused-ring (bicyclic) bond motifs is 1. The number of hydrogen-bond donors (Lipinski definition) is 0. The molecule has 0 bridgehead atoms. The topological polar surface area (TPSA) is 52.7 Å². The normalized spacial score (nSPS) is 11.2. The molecule has 0 amide bonds. The van der Waals surface area contributed by atoms with Gasteiger partial charge in [0.05, 0.1) is 17.6 Å². The summed E-state index contributed by atoms with van der Waals surface area (Å²) in [6.45, 7) is 3.82. The van der Waals surface area contributed by atoms with E-state index in [9.17, 15) is 4.79 Å². The molecule has 0 atom stereocenters. The van der Waals surface area contributed by atoms with Crippen LogP contribution in [0.4, 0.5) is 0 Å². The summed E-state index contributed by atoms with van der Waals surface area (Å²) in [5.74, 6) is 0.610. The predicted octanol–water partition coefficient (Wildman–Crippen LogP) is 3.84. The average molecular weight is 351 g/mol. The van der Waals surface area contributed by atoms with Gasteiger partial charge in [-0.2, -0.15) is 5.10 Å². The van der Waals surface area contributed by atoms with Gasteiger partial charge < -0.3 is 0 Å². The van der Waals surface area contributed by atoms with E-state index in [1.165, 1.54) is 0 Å². The van der Waals surface area contributed by atoms with Gasteiger partial charge in [-0.05, 0) is 55.8 Å². The van der Waals surface area contributed by atoms with Gasteiger partial charge in [0.2, 0.25) is 0 Å². The summed E-state index contributed by atoms with van der Waals surface area (Å²) in [5.41, 5.74) is 3.10. The Hall–Kier alpha value is -2.92. The first-order valence-corrected chi connectivity index (χ1v) is 8.23. The fourth-order valence-corrected chi connectivity index (χ4v) is 3.04. The molecule has 0 radical (unpaired) electrons. The summed E-state index contributed by atoms with van der Waals surface area (Å²) in [5, 5.41) is 5.47. The van der Waals surface area contributed by atoms with Crippen molar-refractivity contribution < 1.29 is 0 Å². The summed E-state index contributed by atoms with van der Waals surface area (Å²) in [7, 11) is 0. The second-order valence-corrected chi connectivity index (χ2v) is 6.35. The van der Waals surface area contributed by atoms with Crippen molar-refractivity contribution in [2.75, 3.05) is 0 Å². The van der Waals surface area contributed by atoms with Gasteiger partial charge in [0.15, 0.2) is 5.65 Å². The maximum atomic E-state index is 13.0. The lowest BCUT2D eigenvalue weighted by atomic mass is 10.2. The van der Waals surface area contributed by atoms with Crippen molar-refractivity contribution in [3.8, 4) is 11.4 Å². The largest absolute Gasteiger partial charge is 0.269 e. The van der Waals surface area contributed by atoms with Crippen molar-refractivity contribution in [2.24, 2.45) is 0 Å². The number of rotatable bonds is 2. The maximum Gasteiger partial charge on any atom is 0.269 e. The van der Waals surface area contributed by atoms with Crippen molar-refractivity contribution in [3.05, 3.63) is 81.5 Å². The van der Waals surface area contributed by atoms with Gasteiger partial charge in [-0.25, -0.2) is 9.67 Å². The van der Waals surface area contributed by atoms with E-state index in [2.05, 4.69) is 10.1 Å². The minimum atomic E-state index is -0.131. The zero-order valence-electron chi connectivity index (χ0n) is 13.8. The van der Waals surface area contributed by atoms with Gasteiger partial charge in [-0.1, -0.05) is 23.7 Å². The van der Waals surface area contributed by atoms with Crippen LogP contribution in [0.5, 0.6) is 0 Å². The van der Waals surface area contributed by atoms with Crippen LogP contribution in [0.3, 0.4) is 0 Å². The second-order valence-electron chi connectivity index (χ2n) is 5.91. The van der Waals surface area contributed by atoms with Gasteiger partial charge in [-0.3, -0.25) is 9.36 Å². The van der Waals surface area contributed by atoms with Crippen LogP contribution < -0.4 is 5.56 Å². The van der Waals surface area contributed by atoms with Crippen molar-refractivity contribution >= 4 is 22.6 Å². The molecule has 2 aromatic carbocycles. The first-order chi connectivity index (χ1) is 12.0. The van der Waals surface area contributed by atoms with Gasteiger partial charge in [0.1, 0.15) is 11.2 Å². The Kier molecular flexibility index (Phi) is 3.66. The standard InChI is InChI=1S/C19H15ClN4O/c1-12-4-3-5-16(10-12)23-13(2)22-18-17(19(23)25)11-21-24(18)15-8-6-14(20)7-9-15/h3-11H,1-2H3. The van der Waals surface area contributed by atoms with Crippen LogP contribution in [0.2, 0.25) is 5.02 Å². The molecule has 0 saturated heterocycles. The summed E-state index contributed by atoms with van der Waals surface area (Å²) in [4.78, 5) is 17.6. The van der Waals surface area contributed by atoms with E-state index in [0.29, 0.717) is 21.9 Å². The molecule has 0 fully saturated rings. The molecule has 124 valence electrons. The second kappa shape index (κ2) is 5.86. The van der Waals surface area contributed by atoms with Crippen molar-refractivity contribution in [1.29, 1.82) is 0 Å². The lowest BCUT2D eigenvalue weighted by molar-refractivity contribution is 0.859. The van der Waals surface area contributed by atoms with Gasteiger partial charge in [0, 0.05) is 5.02 Å². The molecule has 0 aliphatic heterocycles. The Morgan fingerprint density at radius 1 is 1.00 bits per heavy atom. The maximum absolute atomic E-state index is 13.0. The molecule has 2 aromatic heterocycles. The molecule has 2 heterocycles. The highest BCUT2D eigenvalue weighted by Gasteiger charge is 2.15. The van der Waals surface area contributed by atoms with Gasteiger partial charge in [0.25, 0.3) is 5.56 Å². The summed E-state index contributed by atoms with van der Waals surface area (Å²) in [6.07, 6.45) is 1.56. The number of aryl methyl sites for hydroxylation is 2. The lowest BCUT2D eigenvalue weighted by Crippen LogP contribution is -2.22. The third-order valence-corrected chi connectivity index (χ3v) is 4.35. The van der Waals surface area contributed by atoms with Crippen LogP contribution in [0.1, 0.15) is 11.4 Å². The zero-order valence-corrected chi connectivity index (χ0v) is 14.5. The fraction of sp³-hybridized carbons (Fsp3) is 0.105. The van der Waals surface area contributed by atoms with Crippen LogP contribution in [0, 0.1) is 13.8 Å². The smallest absolute Gasteiger partial charge is 0.268 e. The minimum Gasteiger partial charge on any atom is -0.268 e. The van der Waals surface area contributed by atoms with Crippen molar-refractivity contribution in [2.45, 2.75) is 13.8 Å². The van der Waals surface area contributed by atoms with Crippen LogP contribution in [0.25, 0.3) is 22.4 Å². The SMILES string of the molecule is Cc1cccc(-n2c(C)nc3c(cnn3-c3ccc(Cl)cc3)c2=O)c1. The number of benzene rings is 2. The van der Waals surface area contributed by atoms with Crippen LogP contribution in [-0.4, -0.2) is 19.3 Å². The van der Waals surface area contributed by atoms with Crippen molar-refractivity contribution in [1.82, 2.24) is 19.3 Å². The van der Waals surface area contributed by atoms with E-state index >= 15 is 0 Å². The summed E-state index contributed by atoms with van der Waals surface area (Å²) >= 11 is 5.94. The Balaban J connectivity index is 1.96. The van der Waals surface area contributed by atoms with Crippen LogP contribution >= 0.6 is 11.6 Å². The van der Waals surface area contributed by atoms with E-state index < -0.39 is 0 Å². The molecule has 25 heavy (non-hydrogen) atoms. The van der Waals surface area contributed by atoms with E-state index in [-0.39, 0.29) is 5.56 Å². The van der Waals surface area contributed by atoms with E-state index in [4.69, 9.17) is 11.6 Å². The molecule has 0 spiro atoms. The quantitative estimate of drug-likeness (QED) is 0.552. The van der Waals surface area contributed by atoms with E-state index in [0.717, 1.165) is 16.9 Å². The Morgan fingerprint density at radius 2 is 1.76 bits per heavy atom. The lowest BCUT2D eigenvalue weighted by Gasteiger charge is -2.11. The minimum absolute atomic E-state index is 0.131. The monoisotopic (exact) mass is 350 g/mol. The summed E-state index contributed by atoms with van der Waals surface area (Å²) in [6, 6.07) is 15.0. The first-order valence-electron chi connectivity index (χ1n) is 7.85. The first kappa shape index (κ1) is 15.6. The molecular formula is C19H15ClN4O. The Labute approximate surface area is 149 Å². The van der Waals surface area contributed by atoms with Crippen LogP contribution in [0.15, 0.2) is 59.5 Å². The molecule has 4 rings (SSSR count).